The van der Waals surface area contributed by atoms with E-state index in [2.05, 4.69) is 20.9 Å². The van der Waals surface area contributed by atoms with Crippen molar-refractivity contribution < 1.29 is 14.3 Å². The van der Waals surface area contributed by atoms with Crippen molar-refractivity contribution in [2.45, 2.75) is 52.3 Å². The van der Waals surface area contributed by atoms with Gasteiger partial charge in [0, 0.05) is 26.1 Å². The van der Waals surface area contributed by atoms with Crippen molar-refractivity contribution in [3.63, 3.8) is 0 Å². The zero-order valence-electron chi connectivity index (χ0n) is 15.0. The van der Waals surface area contributed by atoms with Crippen LogP contribution < -0.4 is 0 Å². The second kappa shape index (κ2) is 7.50. The first kappa shape index (κ1) is 20.0. The molecule has 0 bridgehead atoms. The quantitative estimate of drug-likeness (QED) is 0.629. The van der Waals surface area contributed by atoms with Crippen LogP contribution in [0, 0.1) is 0 Å². The van der Waals surface area contributed by atoms with Crippen LogP contribution >= 0.6 is 27.5 Å². The highest BCUT2D eigenvalue weighted by molar-refractivity contribution is 9.10. The second-order valence-electron chi connectivity index (χ2n) is 7.22. The smallest absolute Gasteiger partial charge is 0.410 e. The largest absolute Gasteiger partial charge is 0.444 e. The Hall–Kier alpha value is -1.34. The Labute approximate surface area is 161 Å². The third-order valence-corrected chi connectivity index (χ3v) is 4.47. The molecule has 1 aliphatic heterocycles. The zero-order valence-corrected chi connectivity index (χ0v) is 17.4. The fourth-order valence-electron chi connectivity index (χ4n) is 3.03. The van der Waals surface area contributed by atoms with Gasteiger partial charge >= 0.3 is 6.09 Å². The molecular weight excluding hydrogens is 410 g/mol. The Morgan fingerprint density at radius 2 is 1.96 bits per heavy atom. The van der Waals surface area contributed by atoms with Crippen molar-refractivity contribution in [2.75, 3.05) is 13.1 Å². The van der Waals surface area contributed by atoms with Gasteiger partial charge in [0.15, 0.2) is 0 Å². The van der Waals surface area contributed by atoms with Crippen molar-refractivity contribution in [1.29, 1.82) is 0 Å². The van der Waals surface area contributed by atoms with Crippen LogP contribution in [-0.2, 0) is 9.53 Å². The Morgan fingerprint density at radius 1 is 1.32 bits per heavy atom. The van der Waals surface area contributed by atoms with E-state index in [1.54, 1.807) is 15.9 Å². The number of carbonyl (C=O) groups is 2. The van der Waals surface area contributed by atoms with E-state index in [1.807, 2.05) is 33.8 Å². The van der Waals surface area contributed by atoms with Crippen LogP contribution in [0.25, 0.3) is 0 Å². The summed E-state index contributed by atoms with van der Waals surface area (Å²) < 4.78 is 6.07. The summed E-state index contributed by atoms with van der Waals surface area (Å²) >= 11 is 9.40. The van der Waals surface area contributed by atoms with Crippen LogP contribution in [0.5, 0.6) is 0 Å². The molecule has 0 aromatic carbocycles. The summed E-state index contributed by atoms with van der Waals surface area (Å²) in [6.45, 7) is 9.70. The van der Waals surface area contributed by atoms with E-state index in [0.717, 1.165) is 5.56 Å². The van der Waals surface area contributed by atoms with E-state index >= 15 is 0 Å². The number of carbonyl (C=O) groups excluding carboxylic acids is 2. The molecule has 1 aliphatic rings. The van der Waals surface area contributed by atoms with E-state index in [4.69, 9.17) is 16.3 Å². The maximum absolute atomic E-state index is 12.5. The van der Waals surface area contributed by atoms with Gasteiger partial charge in [0.2, 0.25) is 5.91 Å². The standard InChI is InChI=1S/C17H23BrClN3O3/c1-10-8-21(16(24)25-17(3,4)5)9-13(22(10)11(2)23)12-6-14(18)20-15(19)7-12/h6-7,10,13H,8-9H2,1-5H3. The zero-order chi connectivity index (χ0) is 18.9. The molecule has 2 heterocycles. The number of amides is 2. The van der Waals surface area contributed by atoms with Gasteiger partial charge in [-0.05, 0) is 61.3 Å². The molecule has 8 heteroatoms. The van der Waals surface area contributed by atoms with E-state index < -0.39 is 5.60 Å². The van der Waals surface area contributed by atoms with Crippen molar-refractivity contribution in [3.05, 3.63) is 27.5 Å². The molecule has 6 nitrogen and oxygen atoms in total. The summed E-state index contributed by atoms with van der Waals surface area (Å²) in [5.41, 5.74) is 0.249. The average molecular weight is 433 g/mol. The average Bonchev–Trinajstić information content (AvgIpc) is 2.42. The molecule has 0 N–H and O–H groups in total. The molecule has 1 aromatic heterocycles. The van der Waals surface area contributed by atoms with Crippen LogP contribution in [0.15, 0.2) is 16.7 Å². The lowest BCUT2D eigenvalue weighted by molar-refractivity contribution is -0.137. The summed E-state index contributed by atoms with van der Waals surface area (Å²) in [5.74, 6) is -0.0506. The minimum absolute atomic E-state index is 0.0506. The number of aromatic nitrogens is 1. The number of rotatable bonds is 1. The Balaban J connectivity index is 2.35. The lowest BCUT2D eigenvalue weighted by atomic mass is 10.0. The van der Waals surface area contributed by atoms with Gasteiger partial charge in [0.05, 0.1) is 6.04 Å². The van der Waals surface area contributed by atoms with Crippen molar-refractivity contribution in [1.82, 2.24) is 14.8 Å². The normalized spacial score (nSPS) is 21.2. The van der Waals surface area contributed by atoms with Gasteiger partial charge in [-0.15, -0.1) is 0 Å². The number of halogens is 2. The molecular formula is C17H23BrClN3O3. The van der Waals surface area contributed by atoms with Gasteiger partial charge in [0.1, 0.15) is 15.4 Å². The Morgan fingerprint density at radius 3 is 2.48 bits per heavy atom. The summed E-state index contributed by atoms with van der Waals surface area (Å²) in [6.07, 6.45) is -0.383. The molecule has 1 fully saturated rings. The Bertz CT molecular complexity index is 657. The van der Waals surface area contributed by atoms with Gasteiger partial charge in [-0.25, -0.2) is 9.78 Å². The third-order valence-electron chi connectivity index (χ3n) is 3.87. The lowest BCUT2D eigenvalue weighted by Crippen LogP contribution is -2.57. The van der Waals surface area contributed by atoms with Crippen LogP contribution in [0.4, 0.5) is 4.79 Å². The van der Waals surface area contributed by atoms with Gasteiger partial charge in [0.25, 0.3) is 0 Å². The van der Waals surface area contributed by atoms with E-state index in [9.17, 15) is 9.59 Å². The minimum atomic E-state index is -0.573. The van der Waals surface area contributed by atoms with Crippen LogP contribution in [0.2, 0.25) is 5.15 Å². The van der Waals surface area contributed by atoms with Gasteiger partial charge in [-0.3, -0.25) is 4.79 Å². The predicted octanol–water partition coefficient (Wildman–Crippen LogP) is 4.03. The molecule has 0 spiro atoms. The minimum Gasteiger partial charge on any atom is -0.444 e. The van der Waals surface area contributed by atoms with E-state index in [0.29, 0.717) is 22.8 Å². The fourth-order valence-corrected chi connectivity index (χ4v) is 3.81. The predicted molar refractivity (Wildman–Crippen MR) is 99.5 cm³/mol. The van der Waals surface area contributed by atoms with E-state index in [1.165, 1.54) is 6.92 Å². The molecule has 138 valence electrons. The van der Waals surface area contributed by atoms with Crippen molar-refractivity contribution >= 4 is 39.5 Å². The maximum Gasteiger partial charge on any atom is 0.410 e. The lowest BCUT2D eigenvalue weighted by Gasteiger charge is -2.45. The van der Waals surface area contributed by atoms with Crippen molar-refractivity contribution in [3.8, 4) is 0 Å². The van der Waals surface area contributed by atoms with Crippen LogP contribution in [-0.4, -0.2) is 51.5 Å². The first-order chi connectivity index (χ1) is 11.5. The molecule has 2 atom stereocenters. The fraction of sp³-hybridized carbons (Fsp3) is 0.588. The number of hydrogen-bond acceptors (Lipinski definition) is 4. The number of piperazine rings is 1. The molecule has 0 saturated carbocycles. The third kappa shape index (κ3) is 5.07. The first-order valence-electron chi connectivity index (χ1n) is 8.07. The van der Waals surface area contributed by atoms with Gasteiger partial charge in [-0.2, -0.15) is 0 Å². The summed E-state index contributed by atoms with van der Waals surface area (Å²) in [5, 5.41) is 0.329. The second-order valence-corrected chi connectivity index (χ2v) is 8.42. The van der Waals surface area contributed by atoms with E-state index in [-0.39, 0.29) is 24.1 Å². The summed E-state index contributed by atoms with van der Waals surface area (Å²) in [6, 6.07) is 3.08. The van der Waals surface area contributed by atoms with Crippen LogP contribution in [0.1, 0.15) is 46.2 Å². The SMILES string of the molecule is CC(=O)N1C(C)CN(C(=O)OC(C)(C)C)CC1c1cc(Cl)nc(Br)c1. The van der Waals surface area contributed by atoms with Gasteiger partial charge in [-0.1, -0.05) is 11.6 Å². The topological polar surface area (TPSA) is 62.7 Å². The van der Waals surface area contributed by atoms with Crippen molar-refractivity contribution in [2.24, 2.45) is 0 Å². The molecule has 0 radical (unpaired) electrons. The molecule has 2 rings (SSSR count). The molecule has 1 aromatic rings. The molecule has 2 amide bonds. The number of pyridine rings is 1. The summed E-state index contributed by atoms with van der Waals surface area (Å²) in [7, 11) is 0. The van der Waals surface area contributed by atoms with Gasteiger partial charge < -0.3 is 14.5 Å². The molecule has 2 unspecified atom stereocenters. The Kier molecular flexibility index (Phi) is 5.99. The highest BCUT2D eigenvalue weighted by Gasteiger charge is 2.38. The number of nitrogens with zero attached hydrogens (tertiary/aromatic N) is 3. The maximum atomic E-state index is 12.5. The summed E-state index contributed by atoms with van der Waals surface area (Å²) in [4.78, 5) is 32.2. The van der Waals surface area contributed by atoms with Crippen LogP contribution in [0.3, 0.4) is 0 Å². The monoisotopic (exact) mass is 431 g/mol. The number of hydrogen-bond donors (Lipinski definition) is 0. The highest BCUT2D eigenvalue weighted by Crippen LogP contribution is 2.32. The molecule has 1 saturated heterocycles. The number of ether oxygens (including phenoxy) is 1. The molecule has 0 aliphatic carbocycles. The molecule has 25 heavy (non-hydrogen) atoms. The highest BCUT2D eigenvalue weighted by atomic mass is 79.9. The first-order valence-corrected chi connectivity index (χ1v) is 9.25.